The zero-order valence-corrected chi connectivity index (χ0v) is 12.2. The van der Waals surface area contributed by atoms with Crippen molar-refractivity contribution in [3.05, 3.63) is 6.33 Å². The van der Waals surface area contributed by atoms with Crippen LogP contribution < -0.4 is 15.4 Å². The lowest BCUT2D eigenvalue weighted by molar-refractivity contribution is 0.204. The first-order chi connectivity index (χ1) is 9.10. The highest BCUT2D eigenvalue weighted by Gasteiger charge is 2.16. The number of methoxy groups -OCH3 is 1. The summed E-state index contributed by atoms with van der Waals surface area (Å²) in [5, 5.41) is 0. The molecule has 0 radical (unpaired) electrons. The Bertz CT molecular complexity index is 385. The van der Waals surface area contributed by atoms with E-state index in [2.05, 4.69) is 28.7 Å². The van der Waals surface area contributed by atoms with Crippen LogP contribution in [-0.2, 0) is 4.74 Å². The van der Waals surface area contributed by atoms with Crippen molar-refractivity contribution in [1.82, 2.24) is 9.97 Å². The molecule has 1 aromatic rings. The van der Waals surface area contributed by atoms with Gasteiger partial charge in [-0.2, -0.15) is 4.98 Å². The minimum absolute atomic E-state index is 0.443. The first-order valence-corrected chi connectivity index (χ1v) is 6.57. The third-order valence-electron chi connectivity index (χ3n) is 2.56. The molecule has 0 atom stereocenters. The summed E-state index contributed by atoms with van der Waals surface area (Å²) < 4.78 is 10.5. The molecular formula is C13H24N4O2. The third kappa shape index (κ3) is 4.55. The van der Waals surface area contributed by atoms with Crippen molar-refractivity contribution in [2.45, 2.75) is 20.8 Å². The highest BCUT2D eigenvalue weighted by atomic mass is 16.5. The molecule has 0 aliphatic carbocycles. The predicted molar refractivity (Wildman–Crippen MR) is 76.5 cm³/mol. The number of nitrogen functional groups attached to an aromatic ring is 1. The highest BCUT2D eigenvalue weighted by molar-refractivity contribution is 5.67. The van der Waals surface area contributed by atoms with E-state index in [1.165, 1.54) is 6.33 Å². The molecule has 1 aromatic heterocycles. The van der Waals surface area contributed by atoms with Gasteiger partial charge < -0.3 is 20.1 Å². The summed E-state index contributed by atoms with van der Waals surface area (Å²) >= 11 is 0. The second-order valence-corrected chi connectivity index (χ2v) is 4.68. The molecular weight excluding hydrogens is 244 g/mol. The van der Waals surface area contributed by atoms with Crippen LogP contribution in [0.3, 0.4) is 0 Å². The van der Waals surface area contributed by atoms with Gasteiger partial charge in [-0.25, -0.2) is 4.98 Å². The fourth-order valence-corrected chi connectivity index (χ4v) is 1.80. The molecule has 0 bridgehead atoms. The van der Waals surface area contributed by atoms with Crippen LogP contribution >= 0.6 is 0 Å². The molecule has 0 aliphatic rings. The van der Waals surface area contributed by atoms with Gasteiger partial charge in [0.15, 0.2) is 5.82 Å². The Morgan fingerprint density at radius 3 is 2.68 bits per heavy atom. The van der Waals surface area contributed by atoms with Crippen molar-refractivity contribution < 1.29 is 9.47 Å². The SMILES string of the molecule is CCOc1ncnc(N(CCOC)CC(C)C)c1N. The van der Waals surface area contributed by atoms with Crippen LogP contribution in [-0.4, -0.2) is 43.4 Å². The first-order valence-electron chi connectivity index (χ1n) is 6.57. The molecule has 0 fully saturated rings. The monoisotopic (exact) mass is 268 g/mol. The number of hydrogen-bond donors (Lipinski definition) is 1. The molecule has 0 unspecified atom stereocenters. The maximum absolute atomic E-state index is 6.09. The second-order valence-electron chi connectivity index (χ2n) is 4.68. The van der Waals surface area contributed by atoms with E-state index < -0.39 is 0 Å². The number of aromatic nitrogens is 2. The average molecular weight is 268 g/mol. The molecule has 19 heavy (non-hydrogen) atoms. The van der Waals surface area contributed by atoms with Gasteiger partial charge in [-0.15, -0.1) is 0 Å². The van der Waals surface area contributed by atoms with E-state index in [-0.39, 0.29) is 0 Å². The van der Waals surface area contributed by atoms with Crippen LogP contribution in [0, 0.1) is 5.92 Å². The van der Waals surface area contributed by atoms with Crippen molar-refractivity contribution in [2.24, 2.45) is 5.92 Å². The van der Waals surface area contributed by atoms with E-state index in [1.807, 2.05) is 6.92 Å². The van der Waals surface area contributed by atoms with Crippen molar-refractivity contribution in [1.29, 1.82) is 0 Å². The number of rotatable bonds is 8. The normalized spacial score (nSPS) is 10.8. The standard InChI is InChI=1S/C13H24N4O2/c1-5-19-13-11(14)12(15-9-16-13)17(6-7-18-4)8-10(2)3/h9-10H,5-8,14H2,1-4H3. The van der Waals surface area contributed by atoms with Gasteiger partial charge >= 0.3 is 0 Å². The quantitative estimate of drug-likeness (QED) is 0.771. The molecule has 1 heterocycles. The minimum Gasteiger partial charge on any atom is -0.476 e. The van der Waals surface area contributed by atoms with E-state index in [9.17, 15) is 0 Å². The van der Waals surface area contributed by atoms with Gasteiger partial charge in [-0.05, 0) is 12.8 Å². The summed E-state index contributed by atoms with van der Waals surface area (Å²) in [4.78, 5) is 10.4. The Morgan fingerprint density at radius 1 is 1.37 bits per heavy atom. The van der Waals surface area contributed by atoms with Gasteiger partial charge in [0.2, 0.25) is 5.88 Å². The molecule has 0 saturated carbocycles. The summed E-state index contributed by atoms with van der Waals surface area (Å²) in [7, 11) is 1.68. The fourth-order valence-electron chi connectivity index (χ4n) is 1.80. The molecule has 108 valence electrons. The van der Waals surface area contributed by atoms with Gasteiger partial charge in [-0.1, -0.05) is 13.8 Å². The summed E-state index contributed by atoms with van der Waals surface area (Å²) in [6, 6.07) is 0. The zero-order valence-electron chi connectivity index (χ0n) is 12.2. The Labute approximate surface area is 114 Å². The van der Waals surface area contributed by atoms with Crippen molar-refractivity contribution in [3.8, 4) is 5.88 Å². The molecule has 0 aliphatic heterocycles. The Kier molecular flexibility index (Phi) is 6.35. The van der Waals surface area contributed by atoms with E-state index in [0.29, 0.717) is 36.5 Å². The maximum atomic E-state index is 6.09. The van der Waals surface area contributed by atoms with Gasteiger partial charge in [0, 0.05) is 20.2 Å². The molecule has 0 spiro atoms. The topological polar surface area (TPSA) is 73.5 Å². The summed E-state index contributed by atoms with van der Waals surface area (Å²) in [6.45, 7) is 8.96. The second kappa shape index (κ2) is 7.78. The molecule has 2 N–H and O–H groups in total. The summed E-state index contributed by atoms with van der Waals surface area (Å²) in [6.07, 6.45) is 1.48. The molecule has 0 saturated heterocycles. The van der Waals surface area contributed by atoms with Crippen LogP contribution in [0.5, 0.6) is 5.88 Å². The Hall–Kier alpha value is -1.56. The summed E-state index contributed by atoms with van der Waals surface area (Å²) in [5.41, 5.74) is 6.57. The largest absolute Gasteiger partial charge is 0.476 e. The average Bonchev–Trinajstić information content (AvgIpc) is 2.37. The predicted octanol–water partition coefficient (Wildman–Crippen LogP) is 1.57. The number of anilines is 2. The van der Waals surface area contributed by atoms with Crippen LogP contribution in [0.1, 0.15) is 20.8 Å². The summed E-state index contributed by atoms with van der Waals surface area (Å²) in [5.74, 6) is 1.66. The highest BCUT2D eigenvalue weighted by Crippen LogP contribution is 2.28. The maximum Gasteiger partial charge on any atom is 0.242 e. The number of ether oxygens (including phenoxy) is 2. The fraction of sp³-hybridized carbons (Fsp3) is 0.692. The Morgan fingerprint density at radius 2 is 2.11 bits per heavy atom. The molecule has 0 aromatic carbocycles. The number of nitrogens with zero attached hydrogens (tertiary/aromatic N) is 3. The van der Waals surface area contributed by atoms with Crippen LogP contribution in [0.2, 0.25) is 0 Å². The van der Waals surface area contributed by atoms with Crippen molar-refractivity contribution >= 4 is 11.5 Å². The van der Waals surface area contributed by atoms with Crippen LogP contribution in [0.4, 0.5) is 11.5 Å². The lowest BCUT2D eigenvalue weighted by Gasteiger charge is -2.26. The van der Waals surface area contributed by atoms with Crippen LogP contribution in [0.25, 0.3) is 0 Å². The van der Waals surface area contributed by atoms with E-state index >= 15 is 0 Å². The van der Waals surface area contributed by atoms with Crippen LogP contribution in [0.15, 0.2) is 6.33 Å². The third-order valence-corrected chi connectivity index (χ3v) is 2.56. The van der Waals surface area contributed by atoms with E-state index in [4.69, 9.17) is 15.2 Å². The van der Waals surface area contributed by atoms with Gasteiger partial charge in [0.1, 0.15) is 12.0 Å². The molecule has 1 rings (SSSR count). The molecule has 6 nitrogen and oxygen atoms in total. The van der Waals surface area contributed by atoms with Crippen molar-refractivity contribution in [2.75, 3.05) is 44.0 Å². The lowest BCUT2D eigenvalue weighted by atomic mass is 10.2. The molecule has 6 heteroatoms. The number of nitrogens with two attached hydrogens (primary N) is 1. The van der Waals surface area contributed by atoms with E-state index in [1.54, 1.807) is 7.11 Å². The first kappa shape index (κ1) is 15.5. The molecule has 0 amide bonds. The Balaban J connectivity index is 2.96. The van der Waals surface area contributed by atoms with E-state index in [0.717, 1.165) is 13.1 Å². The minimum atomic E-state index is 0.443. The van der Waals surface area contributed by atoms with Gasteiger partial charge in [0.05, 0.1) is 13.2 Å². The van der Waals surface area contributed by atoms with Gasteiger partial charge in [0.25, 0.3) is 0 Å². The lowest BCUT2D eigenvalue weighted by Crippen LogP contribution is -2.32. The smallest absolute Gasteiger partial charge is 0.242 e. The number of hydrogen-bond acceptors (Lipinski definition) is 6. The van der Waals surface area contributed by atoms with Gasteiger partial charge in [-0.3, -0.25) is 0 Å². The van der Waals surface area contributed by atoms with Crippen molar-refractivity contribution in [3.63, 3.8) is 0 Å². The zero-order chi connectivity index (χ0) is 14.3.